The number of aromatic nitrogens is 2. The van der Waals surface area contributed by atoms with E-state index in [1.807, 2.05) is 28.8 Å². The van der Waals surface area contributed by atoms with Gasteiger partial charge in [0.05, 0.1) is 17.6 Å². The molecule has 0 aliphatic carbocycles. The van der Waals surface area contributed by atoms with E-state index in [9.17, 15) is 14.0 Å². The molecule has 1 atom stereocenters. The molecule has 1 aromatic heterocycles. The van der Waals surface area contributed by atoms with E-state index < -0.39 is 0 Å². The van der Waals surface area contributed by atoms with Crippen molar-refractivity contribution in [1.29, 1.82) is 0 Å². The number of piperidine rings is 1. The van der Waals surface area contributed by atoms with Gasteiger partial charge in [-0.05, 0) is 55.7 Å². The lowest BCUT2D eigenvalue weighted by molar-refractivity contribution is 0.117. The molecule has 0 bridgehead atoms. The van der Waals surface area contributed by atoms with Gasteiger partial charge in [0.2, 0.25) is 0 Å². The van der Waals surface area contributed by atoms with Gasteiger partial charge in [-0.15, -0.1) is 0 Å². The molecule has 0 saturated carbocycles. The molecule has 8 heteroatoms. The van der Waals surface area contributed by atoms with Crippen LogP contribution in [0, 0.1) is 5.82 Å². The lowest BCUT2D eigenvalue weighted by atomic mass is 10.0. The quantitative estimate of drug-likeness (QED) is 0.680. The molecule has 0 spiro atoms. The summed E-state index contributed by atoms with van der Waals surface area (Å²) in [6.07, 6.45) is 2.02. The Balaban J connectivity index is 1.15. The van der Waals surface area contributed by atoms with Crippen LogP contribution in [0.2, 0.25) is 0 Å². The van der Waals surface area contributed by atoms with E-state index in [-0.39, 0.29) is 29.7 Å². The topological polar surface area (TPSA) is 70.6 Å². The summed E-state index contributed by atoms with van der Waals surface area (Å²) in [5.74, 6) is -0.328. The molecule has 3 heterocycles. The van der Waals surface area contributed by atoms with Crippen LogP contribution < -0.4 is 10.6 Å². The highest BCUT2D eigenvalue weighted by Crippen LogP contribution is 2.26. The molecule has 0 radical (unpaired) electrons. The van der Waals surface area contributed by atoms with Crippen molar-refractivity contribution < 1.29 is 13.9 Å². The highest BCUT2D eigenvalue weighted by Gasteiger charge is 2.33. The molecule has 162 valence electrons. The monoisotopic (exact) mass is 424 g/mol. The first-order chi connectivity index (χ1) is 15.1. The summed E-state index contributed by atoms with van der Waals surface area (Å²) in [5.41, 5.74) is 2.45. The van der Waals surface area contributed by atoms with E-state index in [1.165, 1.54) is 12.1 Å². The molecule has 2 aromatic carbocycles. The number of likely N-dealkylation sites (tertiary alicyclic amines) is 1. The second kappa shape index (κ2) is 8.19. The first-order valence-corrected chi connectivity index (χ1v) is 10.7. The molecule has 3 aromatic rings. The number of anilines is 1. The van der Waals surface area contributed by atoms with E-state index in [2.05, 4.69) is 9.88 Å². The zero-order chi connectivity index (χ0) is 21.4. The lowest BCUT2D eigenvalue weighted by Gasteiger charge is -2.32. The standard InChI is InChI=1S/C23H25FN4O3/c24-16-5-7-17(8-6-16)27-15-19(31-23(27)30)11-14-26-12-9-18(10-13-26)28-21-4-2-1-3-20(21)25-22(28)29/h1-8,18-19H,9-15H2,(H,25,29). The van der Waals surface area contributed by atoms with Crippen LogP contribution >= 0.6 is 0 Å². The fraction of sp³-hybridized carbons (Fsp3) is 0.391. The van der Waals surface area contributed by atoms with Crippen molar-refractivity contribution in [3.63, 3.8) is 0 Å². The Morgan fingerprint density at radius 2 is 1.77 bits per heavy atom. The van der Waals surface area contributed by atoms with Gasteiger partial charge in [0.1, 0.15) is 11.9 Å². The molecule has 7 nitrogen and oxygen atoms in total. The number of nitrogens with zero attached hydrogens (tertiary/aromatic N) is 3. The third-order valence-electron chi connectivity index (χ3n) is 6.33. The second-order valence-corrected chi connectivity index (χ2v) is 8.27. The van der Waals surface area contributed by atoms with Crippen molar-refractivity contribution in [1.82, 2.24) is 14.5 Å². The minimum Gasteiger partial charge on any atom is -0.444 e. The summed E-state index contributed by atoms with van der Waals surface area (Å²) in [4.78, 5) is 31.5. The number of imidazole rings is 1. The molecule has 2 saturated heterocycles. The summed E-state index contributed by atoms with van der Waals surface area (Å²) in [6, 6.07) is 13.9. The Morgan fingerprint density at radius 3 is 2.55 bits per heavy atom. The highest BCUT2D eigenvalue weighted by atomic mass is 19.1. The fourth-order valence-corrected chi connectivity index (χ4v) is 4.67. The Hall–Kier alpha value is -3.13. The predicted octanol–water partition coefficient (Wildman–Crippen LogP) is 3.52. The minimum absolute atomic E-state index is 0.0431. The summed E-state index contributed by atoms with van der Waals surface area (Å²) in [5, 5.41) is 0. The van der Waals surface area contributed by atoms with Crippen LogP contribution in [0.15, 0.2) is 53.3 Å². The first-order valence-electron chi connectivity index (χ1n) is 10.7. The van der Waals surface area contributed by atoms with Crippen LogP contribution in [0.25, 0.3) is 11.0 Å². The number of carbonyl (C=O) groups is 1. The van der Waals surface area contributed by atoms with Gasteiger partial charge in [0.15, 0.2) is 0 Å². The molecule has 31 heavy (non-hydrogen) atoms. The molecular weight excluding hydrogens is 399 g/mol. The number of rotatable bonds is 5. The van der Waals surface area contributed by atoms with Crippen LogP contribution in [-0.4, -0.2) is 52.8 Å². The third-order valence-corrected chi connectivity index (χ3v) is 6.33. The largest absolute Gasteiger partial charge is 0.444 e. The van der Waals surface area contributed by atoms with Crippen LogP contribution in [0.1, 0.15) is 25.3 Å². The van der Waals surface area contributed by atoms with Gasteiger partial charge in [0, 0.05) is 31.4 Å². The lowest BCUT2D eigenvalue weighted by Crippen LogP contribution is -2.38. The van der Waals surface area contributed by atoms with E-state index in [0.29, 0.717) is 12.2 Å². The molecule has 1 N–H and O–H groups in total. The molecule has 5 rings (SSSR count). The minimum atomic E-state index is -0.381. The zero-order valence-corrected chi connectivity index (χ0v) is 17.2. The van der Waals surface area contributed by atoms with E-state index in [0.717, 1.165) is 49.9 Å². The Kier molecular flexibility index (Phi) is 5.23. The number of fused-ring (bicyclic) bond motifs is 1. The number of benzene rings is 2. The summed E-state index contributed by atoms with van der Waals surface area (Å²) in [6.45, 7) is 3.12. The van der Waals surface area contributed by atoms with Crippen LogP contribution in [0.4, 0.5) is 14.9 Å². The Morgan fingerprint density at radius 1 is 1.03 bits per heavy atom. The molecule has 2 aliphatic rings. The Bertz CT molecular complexity index is 1130. The van der Waals surface area contributed by atoms with Crippen molar-refractivity contribution in [2.24, 2.45) is 0 Å². The van der Waals surface area contributed by atoms with Crippen molar-refractivity contribution in [3.8, 4) is 0 Å². The molecular formula is C23H25FN4O3. The Labute approximate surface area is 179 Å². The third kappa shape index (κ3) is 3.95. The van der Waals surface area contributed by atoms with Gasteiger partial charge in [-0.2, -0.15) is 0 Å². The molecule has 2 aliphatic heterocycles. The number of nitrogens with one attached hydrogen (secondary N) is 1. The number of ether oxygens (including phenoxy) is 1. The molecule has 1 unspecified atom stereocenters. The maximum atomic E-state index is 13.1. The second-order valence-electron chi connectivity index (χ2n) is 8.27. The fourth-order valence-electron chi connectivity index (χ4n) is 4.67. The number of carbonyl (C=O) groups excluding carboxylic acids is 1. The summed E-state index contributed by atoms with van der Waals surface area (Å²) < 4.78 is 20.5. The van der Waals surface area contributed by atoms with Gasteiger partial charge < -0.3 is 14.6 Å². The van der Waals surface area contributed by atoms with Gasteiger partial charge >= 0.3 is 11.8 Å². The first kappa shape index (κ1) is 19.8. The van der Waals surface area contributed by atoms with E-state index >= 15 is 0 Å². The van der Waals surface area contributed by atoms with Crippen LogP contribution in [0.5, 0.6) is 0 Å². The highest BCUT2D eigenvalue weighted by molar-refractivity contribution is 5.89. The number of aromatic amines is 1. The van der Waals surface area contributed by atoms with Crippen molar-refractivity contribution in [3.05, 3.63) is 64.8 Å². The maximum Gasteiger partial charge on any atom is 0.414 e. The average Bonchev–Trinajstić information content (AvgIpc) is 3.32. The van der Waals surface area contributed by atoms with Gasteiger partial charge in [-0.1, -0.05) is 12.1 Å². The number of hydrogen-bond acceptors (Lipinski definition) is 4. The number of H-pyrrole nitrogens is 1. The van der Waals surface area contributed by atoms with Gasteiger partial charge in [0.25, 0.3) is 0 Å². The van der Waals surface area contributed by atoms with Crippen molar-refractivity contribution >= 4 is 22.8 Å². The number of amides is 1. The molecule has 1 amide bonds. The maximum absolute atomic E-state index is 13.1. The van der Waals surface area contributed by atoms with E-state index in [4.69, 9.17) is 4.74 Å². The molecule has 2 fully saturated rings. The zero-order valence-electron chi connectivity index (χ0n) is 17.2. The normalized spacial score (nSPS) is 20.5. The summed E-state index contributed by atoms with van der Waals surface area (Å²) in [7, 11) is 0. The number of halogens is 1. The van der Waals surface area contributed by atoms with Gasteiger partial charge in [-0.3, -0.25) is 9.47 Å². The number of hydrogen-bond donors (Lipinski definition) is 1. The van der Waals surface area contributed by atoms with Crippen molar-refractivity contribution in [2.75, 3.05) is 31.1 Å². The van der Waals surface area contributed by atoms with E-state index in [1.54, 1.807) is 17.0 Å². The predicted molar refractivity (Wildman–Crippen MR) is 116 cm³/mol. The van der Waals surface area contributed by atoms with Crippen LogP contribution in [0.3, 0.4) is 0 Å². The van der Waals surface area contributed by atoms with Gasteiger partial charge in [-0.25, -0.2) is 14.0 Å². The number of cyclic esters (lactones) is 1. The number of para-hydroxylation sites is 2. The van der Waals surface area contributed by atoms with Crippen molar-refractivity contribution in [2.45, 2.75) is 31.4 Å². The average molecular weight is 424 g/mol. The summed E-state index contributed by atoms with van der Waals surface area (Å²) >= 11 is 0. The van der Waals surface area contributed by atoms with Crippen LogP contribution in [-0.2, 0) is 4.74 Å². The smallest absolute Gasteiger partial charge is 0.414 e. The SMILES string of the molecule is O=C1OC(CCN2CCC(n3c(=O)[nH]c4ccccc43)CC2)CN1c1ccc(F)cc1.